The van der Waals surface area contributed by atoms with Gasteiger partial charge in [0.05, 0.1) is 20.9 Å². The van der Waals surface area contributed by atoms with Gasteiger partial charge in [-0.3, -0.25) is 0 Å². The Bertz CT molecular complexity index is 454. The van der Waals surface area contributed by atoms with Crippen molar-refractivity contribution in [3.05, 3.63) is 0 Å². The molecule has 0 amide bonds. The second-order valence-electron chi connectivity index (χ2n) is 7.77. The summed E-state index contributed by atoms with van der Waals surface area (Å²) in [6.45, 7) is 5.63. The van der Waals surface area contributed by atoms with Gasteiger partial charge in [0.2, 0.25) is 0 Å². The van der Waals surface area contributed by atoms with E-state index in [1.807, 2.05) is 0 Å². The van der Waals surface area contributed by atoms with Crippen molar-refractivity contribution in [2.45, 2.75) is 110 Å². The van der Waals surface area contributed by atoms with Crippen LogP contribution in [0, 0.1) is 0 Å². The standard InChI is InChI=1S/C19H39NO3S2.K/c1-4-5-6-7-8-9-10-11-12-13-14-15-16-18(24)20-19(2,3)17-25(21,22)23;/h4-17H2,1-3H3,(H,20,24)(H,21,22,23);/q;+1/p-1. The molecule has 4 nitrogen and oxygen atoms in total. The summed E-state index contributed by atoms with van der Waals surface area (Å²) in [4.78, 5) is 0.653. The van der Waals surface area contributed by atoms with E-state index in [2.05, 4.69) is 12.2 Å². The molecule has 0 bridgehead atoms. The van der Waals surface area contributed by atoms with E-state index >= 15 is 0 Å². The number of nitrogens with one attached hydrogen (secondary N) is 1. The molecule has 0 fully saturated rings. The summed E-state index contributed by atoms with van der Waals surface area (Å²) in [6, 6.07) is 0. The molecule has 0 saturated carbocycles. The fourth-order valence-corrected chi connectivity index (χ4v) is 4.42. The summed E-state index contributed by atoms with van der Waals surface area (Å²) >= 11 is 5.26. The van der Waals surface area contributed by atoms with Gasteiger partial charge in [-0.1, -0.05) is 89.8 Å². The van der Waals surface area contributed by atoms with Crippen molar-refractivity contribution in [1.29, 1.82) is 0 Å². The minimum absolute atomic E-state index is 0. The summed E-state index contributed by atoms with van der Waals surface area (Å²) in [5, 5.41) is 3.00. The maximum absolute atomic E-state index is 10.9. The molecular weight excluding hydrogens is 393 g/mol. The fraction of sp³-hybridized carbons (Fsp3) is 0.947. The molecule has 0 aliphatic carbocycles. The Morgan fingerprint density at radius 2 is 1.27 bits per heavy atom. The first-order chi connectivity index (χ1) is 11.7. The zero-order valence-corrected chi connectivity index (χ0v) is 22.2. The Kier molecular flexibility index (Phi) is 19.7. The van der Waals surface area contributed by atoms with Gasteiger partial charge in [0.15, 0.2) is 0 Å². The summed E-state index contributed by atoms with van der Waals surface area (Å²) < 4.78 is 32.6. The van der Waals surface area contributed by atoms with Gasteiger partial charge >= 0.3 is 51.4 Å². The largest absolute Gasteiger partial charge is 1.00 e. The van der Waals surface area contributed by atoms with Crippen molar-refractivity contribution >= 4 is 27.3 Å². The molecule has 0 spiro atoms. The Balaban J connectivity index is 0. The molecular formula is C19H38KNO3S2. The number of unbranched alkanes of at least 4 members (excludes halogenated alkanes) is 11. The van der Waals surface area contributed by atoms with E-state index in [0.29, 0.717) is 4.99 Å². The molecule has 0 aromatic carbocycles. The third-order valence-electron chi connectivity index (χ3n) is 4.27. The fourth-order valence-electron chi connectivity index (χ4n) is 3.04. The van der Waals surface area contributed by atoms with Crippen molar-refractivity contribution in [3.8, 4) is 0 Å². The van der Waals surface area contributed by atoms with Gasteiger partial charge in [0.1, 0.15) is 0 Å². The van der Waals surface area contributed by atoms with Gasteiger partial charge in [-0.05, 0) is 26.7 Å². The average molecular weight is 432 g/mol. The number of thiocarbonyl (C=S) groups is 1. The van der Waals surface area contributed by atoms with Gasteiger partial charge < -0.3 is 9.87 Å². The molecule has 26 heavy (non-hydrogen) atoms. The first-order valence-electron chi connectivity index (χ1n) is 9.91. The van der Waals surface area contributed by atoms with Crippen molar-refractivity contribution < 1.29 is 64.4 Å². The van der Waals surface area contributed by atoms with E-state index < -0.39 is 21.4 Å². The Morgan fingerprint density at radius 3 is 1.65 bits per heavy atom. The summed E-state index contributed by atoms with van der Waals surface area (Å²) in [6.07, 6.45) is 16.3. The van der Waals surface area contributed by atoms with Gasteiger partial charge in [0, 0.05) is 5.54 Å². The van der Waals surface area contributed by atoms with Crippen LogP contribution < -0.4 is 56.7 Å². The number of hydrogen-bond donors (Lipinski definition) is 1. The summed E-state index contributed by atoms with van der Waals surface area (Å²) in [5.41, 5.74) is -0.797. The zero-order valence-electron chi connectivity index (χ0n) is 17.4. The smallest absolute Gasteiger partial charge is 0.748 e. The first-order valence-corrected chi connectivity index (χ1v) is 11.9. The summed E-state index contributed by atoms with van der Waals surface area (Å²) in [5.74, 6) is -0.446. The van der Waals surface area contributed by atoms with Crippen LogP contribution in [0.25, 0.3) is 0 Å². The van der Waals surface area contributed by atoms with Crippen molar-refractivity contribution in [3.63, 3.8) is 0 Å². The van der Waals surface area contributed by atoms with E-state index in [1.165, 1.54) is 64.2 Å². The second-order valence-corrected chi connectivity index (χ2v) is 9.67. The first kappa shape index (κ1) is 29.6. The minimum atomic E-state index is -4.25. The third-order valence-corrected chi connectivity index (χ3v) is 5.65. The molecule has 0 saturated heterocycles. The van der Waals surface area contributed by atoms with Crippen LogP contribution in [-0.2, 0) is 10.1 Å². The SMILES string of the molecule is CCCCCCCCCCCCCCC(=S)NC(C)(C)CS(=O)(=O)[O-].[K+]. The third kappa shape index (κ3) is 21.7. The number of rotatable bonds is 16. The predicted molar refractivity (Wildman–Crippen MR) is 110 cm³/mol. The van der Waals surface area contributed by atoms with Gasteiger partial charge in [-0.2, -0.15) is 0 Å². The second kappa shape index (κ2) is 17.3. The van der Waals surface area contributed by atoms with E-state index in [-0.39, 0.29) is 51.4 Å². The topological polar surface area (TPSA) is 69.2 Å². The summed E-state index contributed by atoms with van der Waals surface area (Å²) in [7, 11) is -4.25. The minimum Gasteiger partial charge on any atom is -0.748 e. The molecule has 0 rings (SSSR count). The Hall–Kier alpha value is 1.44. The molecule has 0 aliphatic heterocycles. The van der Waals surface area contributed by atoms with Crippen LogP contribution in [0.4, 0.5) is 0 Å². The molecule has 0 aromatic heterocycles. The monoisotopic (exact) mass is 431 g/mol. The molecule has 0 heterocycles. The van der Waals surface area contributed by atoms with Crippen LogP contribution in [0.15, 0.2) is 0 Å². The van der Waals surface area contributed by atoms with E-state index in [1.54, 1.807) is 13.8 Å². The zero-order chi connectivity index (χ0) is 19.2. The van der Waals surface area contributed by atoms with Crippen molar-refractivity contribution in [2.75, 3.05) is 5.75 Å². The van der Waals surface area contributed by atoms with Crippen LogP contribution in [0.1, 0.15) is 104 Å². The molecule has 0 radical (unpaired) electrons. The maximum Gasteiger partial charge on any atom is 1.00 e. The molecule has 0 aromatic rings. The van der Waals surface area contributed by atoms with Crippen molar-refractivity contribution in [1.82, 2.24) is 5.32 Å². The van der Waals surface area contributed by atoms with Crippen LogP contribution >= 0.6 is 12.2 Å². The van der Waals surface area contributed by atoms with Gasteiger partial charge in [0.25, 0.3) is 0 Å². The number of hydrogen-bond acceptors (Lipinski definition) is 4. The molecule has 150 valence electrons. The average Bonchev–Trinajstić information content (AvgIpc) is 2.45. The van der Waals surface area contributed by atoms with E-state index in [4.69, 9.17) is 12.2 Å². The Labute approximate surface area is 210 Å². The van der Waals surface area contributed by atoms with Crippen LogP contribution in [0.3, 0.4) is 0 Å². The van der Waals surface area contributed by atoms with Gasteiger partial charge in [-0.15, -0.1) is 0 Å². The molecule has 7 heteroatoms. The molecule has 0 unspecified atom stereocenters. The normalized spacial score (nSPS) is 11.8. The molecule has 1 N–H and O–H groups in total. The van der Waals surface area contributed by atoms with Gasteiger partial charge in [-0.25, -0.2) is 8.42 Å². The molecule has 0 aliphatic rings. The Morgan fingerprint density at radius 1 is 0.885 bits per heavy atom. The maximum atomic E-state index is 10.9. The molecule has 0 atom stereocenters. The van der Waals surface area contributed by atoms with E-state index in [0.717, 1.165) is 19.3 Å². The quantitative estimate of drug-likeness (QED) is 0.176. The van der Waals surface area contributed by atoms with E-state index in [9.17, 15) is 13.0 Å². The van der Waals surface area contributed by atoms with Crippen molar-refractivity contribution in [2.24, 2.45) is 0 Å². The predicted octanol–water partition coefficient (Wildman–Crippen LogP) is 2.32. The van der Waals surface area contributed by atoms with Crippen LogP contribution in [0.5, 0.6) is 0 Å². The van der Waals surface area contributed by atoms with Crippen LogP contribution in [0.2, 0.25) is 0 Å². The van der Waals surface area contributed by atoms with Crippen LogP contribution in [-0.4, -0.2) is 29.3 Å².